The van der Waals surface area contributed by atoms with Gasteiger partial charge in [0.25, 0.3) is 5.91 Å². The van der Waals surface area contributed by atoms with Crippen LogP contribution in [-0.2, 0) is 9.84 Å². The van der Waals surface area contributed by atoms with Gasteiger partial charge in [-0.1, -0.05) is 18.5 Å². The summed E-state index contributed by atoms with van der Waals surface area (Å²) >= 11 is 6.21. The van der Waals surface area contributed by atoms with Crippen LogP contribution in [0.1, 0.15) is 36.5 Å². The lowest BCUT2D eigenvalue weighted by Gasteiger charge is -2.41. The van der Waals surface area contributed by atoms with Gasteiger partial charge in [-0.25, -0.2) is 17.2 Å². The minimum Gasteiger partial charge on any atom is -0.393 e. The Morgan fingerprint density at radius 3 is 2.52 bits per heavy atom. The first-order valence-electron chi connectivity index (χ1n) is 10.6. The van der Waals surface area contributed by atoms with Gasteiger partial charge in [-0.15, -0.1) is 0 Å². The molecule has 0 heterocycles. The van der Waals surface area contributed by atoms with E-state index in [9.17, 15) is 32.2 Å². The fourth-order valence-electron chi connectivity index (χ4n) is 5.37. The summed E-state index contributed by atoms with van der Waals surface area (Å²) < 4.78 is 53.5. The topological polar surface area (TPSA) is 104 Å². The first-order chi connectivity index (χ1) is 15.5. The molecule has 2 aliphatic carbocycles. The number of aliphatic hydroxyl groups excluding tert-OH is 1. The lowest BCUT2D eigenvalue weighted by molar-refractivity contribution is -0.0985. The molecule has 5 atom stereocenters. The van der Waals surface area contributed by atoms with Crippen molar-refractivity contribution in [3.63, 3.8) is 0 Å². The zero-order valence-electron chi connectivity index (χ0n) is 17.8. The molecule has 3 unspecified atom stereocenters. The summed E-state index contributed by atoms with van der Waals surface area (Å²) in [5, 5.41) is 22.2. The van der Waals surface area contributed by atoms with E-state index in [-0.39, 0.29) is 51.8 Å². The van der Waals surface area contributed by atoms with Gasteiger partial charge in [-0.05, 0) is 67.3 Å². The van der Waals surface area contributed by atoms with Crippen LogP contribution in [0.4, 0.5) is 14.5 Å². The molecule has 2 aromatic rings. The summed E-state index contributed by atoms with van der Waals surface area (Å²) in [6.07, 6.45) is 0.985. The molecule has 10 heteroatoms. The Balaban J connectivity index is 1.61. The maximum atomic E-state index is 13.5. The number of halogens is 3. The van der Waals surface area contributed by atoms with Gasteiger partial charge in [-0.3, -0.25) is 4.79 Å². The second kappa shape index (κ2) is 8.61. The molecule has 1 amide bonds. The van der Waals surface area contributed by atoms with Crippen molar-refractivity contribution in [2.75, 3.05) is 11.9 Å². The van der Waals surface area contributed by atoms with Crippen LogP contribution < -0.4 is 5.32 Å². The molecule has 2 fully saturated rings. The van der Waals surface area contributed by atoms with Crippen molar-refractivity contribution < 1.29 is 32.2 Å². The number of benzene rings is 2. The molecule has 2 bridgehead atoms. The monoisotopic (exact) mass is 499 g/mol. The number of aliphatic hydroxyl groups is 2. The molecular weight excluding hydrogens is 476 g/mol. The lowest BCUT2D eigenvalue weighted by Crippen LogP contribution is -2.51. The highest BCUT2D eigenvalue weighted by molar-refractivity contribution is 7.92. The number of rotatable bonds is 5. The minimum absolute atomic E-state index is 0.0123. The normalized spacial score (nSPS) is 29.2. The number of hydrogen-bond donors (Lipinski definition) is 3. The second-order valence-electron chi connectivity index (χ2n) is 9.03. The molecule has 2 saturated carbocycles. The third-order valence-corrected chi connectivity index (χ3v) is 9.78. The fourth-order valence-corrected chi connectivity index (χ4v) is 7.74. The molecule has 0 spiro atoms. The summed E-state index contributed by atoms with van der Waals surface area (Å²) in [6, 6.07) is 6.69. The van der Waals surface area contributed by atoms with Crippen molar-refractivity contribution in [1.82, 2.24) is 0 Å². The standard InChI is InChI=1S/C23H24ClF2NO5S/c1-12-6-14-8-16(10-17(12)23(14,30)11-28)33(31,32)21-7-13(2-4-18(21)24)22(29)27-15-3-5-19(25)20(26)9-15/h2-5,7,9,12,14,16-17,28,30H,6,8,10-11H2,1H3,(H,27,29)/t12-,14?,16?,17?,23-/m0/s1. The summed E-state index contributed by atoms with van der Waals surface area (Å²) in [6.45, 7) is 1.52. The van der Waals surface area contributed by atoms with Crippen molar-refractivity contribution >= 4 is 33.0 Å². The Morgan fingerprint density at radius 2 is 1.88 bits per heavy atom. The van der Waals surface area contributed by atoms with Gasteiger partial charge in [0.15, 0.2) is 21.5 Å². The Morgan fingerprint density at radius 1 is 1.15 bits per heavy atom. The highest BCUT2D eigenvalue weighted by Crippen LogP contribution is 2.54. The van der Waals surface area contributed by atoms with E-state index in [1.807, 2.05) is 6.92 Å². The van der Waals surface area contributed by atoms with Gasteiger partial charge in [-0.2, -0.15) is 0 Å². The fraction of sp³-hybridized carbons (Fsp3) is 0.435. The number of fused-ring (bicyclic) bond motifs is 2. The Kier molecular flexibility index (Phi) is 6.28. The van der Waals surface area contributed by atoms with E-state index in [2.05, 4.69) is 5.32 Å². The quantitative estimate of drug-likeness (QED) is 0.580. The highest BCUT2D eigenvalue weighted by Gasteiger charge is 2.58. The third kappa shape index (κ3) is 4.16. The number of sulfone groups is 1. The van der Waals surface area contributed by atoms with E-state index in [4.69, 9.17) is 11.6 Å². The Labute approximate surface area is 195 Å². The van der Waals surface area contributed by atoms with Gasteiger partial charge >= 0.3 is 0 Å². The summed E-state index contributed by atoms with van der Waals surface area (Å²) in [5.41, 5.74) is -1.29. The van der Waals surface area contributed by atoms with Crippen LogP contribution in [0.3, 0.4) is 0 Å². The summed E-state index contributed by atoms with van der Waals surface area (Å²) in [7, 11) is -3.96. The number of anilines is 1. The maximum Gasteiger partial charge on any atom is 0.255 e. The number of carbonyl (C=O) groups excluding carboxylic acids is 1. The molecule has 0 aliphatic heterocycles. The van der Waals surface area contributed by atoms with Gasteiger partial charge in [0.2, 0.25) is 0 Å². The van der Waals surface area contributed by atoms with Crippen LogP contribution in [0.15, 0.2) is 41.3 Å². The van der Waals surface area contributed by atoms with Crippen molar-refractivity contribution in [3.05, 3.63) is 58.6 Å². The van der Waals surface area contributed by atoms with Gasteiger partial charge in [0.05, 0.1) is 27.4 Å². The lowest BCUT2D eigenvalue weighted by atomic mass is 9.74. The highest BCUT2D eigenvalue weighted by atomic mass is 35.5. The van der Waals surface area contributed by atoms with Gasteiger partial charge < -0.3 is 15.5 Å². The van der Waals surface area contributed by atoms with E-state index in [0.29, 0.717) is 6.42 Å². The molecule has 0 saturated heterocycles. The van der Waals surface area contributed by atoms with Crippen molar-refractivity contribution in [2.24, 2.45) is 17.8 Å². The molecule has 4 rings (SSSR count). The largest absolute Gasteiger partial charge is 0.393 e. The van der Waals surface area contributed by atoms with Crippen LogP contribution in [-0.4, -0.2) is 42.0 Å². The zero-order valence-corrected chi connectivity index (χ0v) is 19.3. The Hall–Kier alpha value is -2.07. The smallest absolute Gasteiger partial charge is 0.255 e. The number of amides is 1. The predicted molar refractivity (Wildman–Crippen MR) is 119 cm³/mol. The number of hydrogen-bond acceptors (Lipinski definition) is 5. The van der Waals surface area contributed by atoms with Gasteiger partial charge in [0.1, 0.15) is 0 Å². The molecule has 178 valence electrons. The van der Waals surface area contributed by atoms with E-state index < -0.39 is 44.8 Å². The van der Waals surface area contributed by atoms with E-state index in [1.165, 1.54) is 24.3 Å². The van der Waals surface area contributed by atoms with Crippen molar-refractivity contribution in [2.45, 2.75) is 41.9 Å². The molecule has 0 aromatic heterocycles. The summed E-state index contributed by atoms with van der Waals surface area (Å²) in [5.74, 6) is -3.54. The van der Waals surface area contributed by atoms with Crippen LogP contribution in [0.2, 0.25) is 5.02 Å². The maximum absolute atomic E-state index is 13.5. The predicted octanol–water partition coefficient (Wildman–Crippen LogP) is 3.80. The minimum atomic E-state index is -3.96. The first-order valence-corrected chi connectivity index (χ1v) is 12.5. The molecule has 2 aromatic carbocycles. The van der Waals surface area contributed by atoms with E-state index in [0.717, 1.165) is 12.1 Å². The van der Waals surface area contributed by atoms with E-state index in [1.54, 1.807) is 0 Å². The average Bonchev–Trinajstić information content (AvgIpc) is 2.89. The van der Waals surface area contributed by atoms with Crippen molar-refractivity contribution in [3.8, 4) is 0 Å². The molecule has 3 N–H and O–H groups in total. The van der Waals surface area contributed by atoms with E-state index >= 15 is 0 Å². The number of carbonyl (C=O) groups is 1. The number of nitrogens with one attached hydrogen (secondary N) is 1. The van der Waals surface area contributed by atoms with Crippen LogP contribution >= 0.6 is 11.6 Å². The van der Waals surface area contributed by atoms with Gasteiger partial charge in [0, 0.05) is 17.3 Å². The third-order valence-electron chi connectivity index (χ3n) is 7.13. The van der Waals surface area contributed by atoms with Crippen LogP contribution in [0.25, 0.3) is 0 Å². The molecule has 2 aliphatic rings. The summed E-state index contributed by atoms with van der Waals surface area (Å²) in [4.78, 5) is 12.4. The average molecular weight is 500 g/mol. The molecular formula is C23H24ClF2NO5S. The van der Waals surface area contributed by atoms with Crippen LogP contribution in [0, 0.1) is 29.4 Å². The second-order valence-corrected chi connectivity index (χ2v) is 11.6. The van der Waals surface area contributed by atoms with Crippen LogP contribution in [0.5, 0.6) is 0 Å². The molecule has 0 radical (unpaired) electrons. The molecule has 33 heavy (non-hydrogen) atoms. The first kappa shape index (κ1) is 24.1. The Bertz CT molecular complexity index is 1210. The SMILES string of the molecule is C[C@H]1CC2CC(S(=O)(=O)c3cc(C(=O)Nc4ccc(F)c(F)c4)ccc3Cl)CC1[C@]2(O)CO. The molecule has 6 nitrogen and oxygen atoms in total. The van der Waals surface area contributed by atoms with Crippen molar-refractivity contribution in [1.29, 1.82) is 0 Å². The zero-order chi connectivity index (χ0) is 24.1.